The number of rotatable bonds is 4. The van der Waals surface area contributed by atoms with E-state index in [1.54, 1.807) is 0 Å². The maximum Gasteiger partial charge on any atom is 0.0234 e. The molecule has 0 amide bonds. The lowest BCUT2D eigenvalue weighted by molar-refractivity contribution is 0.317. The minimum atomic E-state index is 0.558. The molecule has 21 heavy (non-hydrogen) atoms. The number of hydrogen-bond donors (Lipinski definition) is 1. The predicted octanol–water partition coefficient (Wildman–Crippen LogP) is 3.62. The predicted molar refractivity (Wildman–Crippen MR) is 91.1 cm³/mol. The fourth-order valence-electron chi connectivity index (χ4n) is 3.25. The summed E-state index contributed by atoms with van der Waals surface area (Å²) in [6.07, 6.45) is 0. The number of benzene rings is 2. The van der Waals surface area contributed by atoms with Crippen LogP contribution in [0, 0.1) is 5.92 Å². The monoisotopic (exact) mass is 344 g/mol. The van der Waals surface area contributed by atoms with E-state index >= 15 is 0 Å². The zero-order valence-corrected chi connectivity index (χ0v) is 13.7. The van der Waals surface area contributed by atoms with Gasteiger partial charge in [-0.1, -0.05) is 58.4 Å². The van der Waals surface area contributed by atoms with Gasteiger partial charge in [0.15, 0.2) is 0 Å². The zero-order chi connectivity index (χ0) is 14.7. The number of halogens is 1. The average molecular weight is 345 g/mol. The molecule has 0 aromatic heterocycles. The quantitative estimate of drug-likeness (QED) is 0.917. The first-order valence-electron chi connectivity index (χ1n) is 7.48. The van der Waals surface area contributed by atoms with Gasteiger partial charge in [0.25, 0.3) is 0 Å². The number of hydrogen-bond acceptors (Lipinski definition) is 2. The molecular formula is C18H21BrN2. The molecule has 0 saturated carbocycles. The van der Waals surface area contributed by atoms with Crippen molar-refractivity contribution in [3.63, 3.8) is 0 Å². The summed E-state index contributed by atoms with van der Waals surface area (Å²) in [6.45, 7) is 3.96. The highest BCUT2D eigenvalue weighted by Gasteiger charge is 2.32. The van der Waals surface area contributed by atoms with E-state index in [0.29, 0.717) is 11.8 Å². The third-order valence-electron chi connectivity index (χ3n) is 4.37. The second-order valence-electron chi connectivity index (χ2n) is 5.83. The van der Waals surface area contributed by atoms with Gasteiger partial charge in [-0.2, -0.15) is 0 Å². The molecule has 1 fully saturated rings. The van der Waals surface area contributed by atoms with Crippen LogP contribution in [0.3, 0.4) is 0 Å². The molecule has 3 heteroatoms. The van der Waals surface area contributed by atoms with Gasteiger partial charge < -0.3 is 5.73 Å². The number of nitrogens with two attached hydrogens (primary N) is 1. The molecule has 0 bridgehead atoms. The molecule has 0 aliphatic carbocycles. The van der Waals surface area contributed by atoms with Gasteiger partial charge in [0.05, 0.1) is 0 Å². The maximum atomic E-state index is 6.00. The highest BCUT2D eigenvalue weighted by Crippen LogP contribution is 2.32. The minimum absolute atomic E-state index is 0.558. The van der Waals surface area contributed by atoms with E-state index in [9.17, 15) is 0 Å². The van der Waals surface area contributed by atoms with E-state index < -0.39 is 0 Å². The van der Waals surface area contributed by atoms with Crippen LogP contribution in [0.25, 0.3) is 0 Å². The second kappa shape index (κ2) is 6.73. The highest BCUT2D eigenvalue weighted by molar-refractivity contribution is 9.10. The van der Waals surface area contributed by atoms with Crippen LogP contribution in [0.1, 0.15) is 17.0 Å². The molecule has 1 heterocycles. The molecule has 0 spiro atoms. The summed E-state index contributed by atoms with van der Waals surface area (Å²) < 4.78 is 1.13. The molecule has 1 saturated heterocycles. The molecule has 1 aliphatic rings. The Morgan fingerprint density at radius 3 is 2.38 bits per heavy atom. The smallest absolute Gasteiger partial charge is 0.0234 e. The van der Waals surface area contributed by atoms with Crippen molar-refractivity contribution in [1.82, 2.24) is 4.90 Å². The normalized spacial score (nSPS) is 22.6. The van der Waals surface area contributed by atoms with Gasteiger partial charge in [-0.15, -0.1) is 0 Å². The maximum absolute atomic E-state index is 6.00. The Labute approximate surface area is 135 Å². The average Bonchev–Trinajstić information content (AvgIpc) is 2.93. The standard InChI is InChI=1S/C18H21BrN2/c19-17-8-6-14(7-9-17)11-21-12-16(10-20)18(13-21)15-4-2-1-3-5-15/h1-9,16,18H,10-13,20H2/t16-,18+/m1/s1. The summed E-state index contributed by atoms with van der Waals surface area (Å²) in [4.78, 5) is 2.53. The van der Waals surface area contributed by atoms with Crippen molar-refractivity contribution in [2.45, 2.75) is 12.5 Å². The van der Waals surface area contributed by atoms with Crippen LogP contribution >= 0.6 is 15.9 Å². The Hall–Kier alpha value is -1.16. The summed E-state index contributed by atoms with van der Waals surface area (Å²) in [7, 11) is 0. The molecule has 1 aliphatic heterocycles. The lowest BCUT2D eigenvalue weighted by atomic mass is 9.89. The molecular weight excluding hydrogens is 324 g/mol. The summed E-state index contributed by atoms with van der Waals surface area (Å²) in [5.74, 6) is 1.12. The lowest BCUT2D eigenvalue weighted by Crippen LogP contribution is -2.23. The van der Waals surface area contributed by atoms with Gasteiger partial charge in [0.1, 0.15) is 0 Å². The molecule has 2 aromatic carbocycles. The van der Waals surface area contributed by atoms with Crippen LogP contribution in [0.4, 0.5) is 0 Å². The first-order chi connectivity index (χ1) is 10.3. The molecule has 3 rings (SSSR count). The SMILES string of the molecule is NC[C@@H]1CN(Cc2ccc(Br)cc2)C[C@H]1c1ccccc1. The van der Waals surface area contributed by atoms with E-state index in [1.165, 1.54) is 11.1 Å². The van der Waals surface area contributed by atoms with E-state index in [4.69, 9.17) is 5.73 Å². The van der Waals surface area contributed by atoms with Crippen LogP contribution in [-0.4, -0.2) is 24.5 Å². The van der Waals surface area contributed by atoms with Gasteiger partial charge in [0, 0.05) is 30.0 Å². The van der Waals surface area contributed by atoms with Crippen LogP contribution in [0.15, 0.2) is 59.1 Å². The summed E-state index contributed by atoms with van der Waals surface area (Å²) in [5.41, 5.74) is 8.79. The van der Waals surface area contributed by atoms with Crippen molar-refractivity contribution < 1.29 is 0 Å². The Balaban J connectivity index is 1.70. The van der Waals surface area contributed by atoms with E-state index in [0.717, 1.165) is 30.7 Å². The Kier molecular flexibility index (Phi) is 4.73. The van der Waals surface area contributed by atoms with Gasteiger partial charge in [-0.3, -0.25) is 4.90 Å². The Morgan fingerprint density at radius 2 is 1.71 bits per heavy atom. The minimum Gasteiger partial charge on any atom is -0.330 e. The summed E-state index contributed by atoms with van der Waals surface area (Å²) in [5, 5.41) is 0. The van der Waals surface area contributed by atoms with Crippen LogP contribution < -0.4 is 5.73 Å². The number of likely N-dealkylation sites (tertiary alicyclic amines) is 1. The summed E-state index contributed by atoms with van der Waals surface area (Å²) in [6, 6.07) is 19.4. The van der Waals surface area contributed by atoms with E-state index in [2.05, 4.69) is 75.4 Å². The van der Waals surface area contributed by atoms with Crippen LogP contribution in [0.2, 0.25) is 0 Å². The first kappa shape index (κ1) is 14.8. The first-order valence-corrected chi connectivity index (χ1v) is 8.27. The Morgan fingerprint density at radius 1 is 1.00 bits per heavy atom. The summed E-state index contributed by atoms with van der Waals surface area (Å²) >= 11 is 3.49. The van der Waals surface area contributed by atoms with Crippen molar-refractivity contribution in [3.05, 3.63) is 70.2 Å². The largest absolute Gasteiger partial charge is 0.330 e. The Bertz CT molecular complexity index is 568. The third kappa shape index (κ3) is 3.54. The van der Waals surface area contributed by atoms with Gasteiger partial charge in [-0.25, -0.2) is 0 Å². The second-order valence-corrected chi connectivity index (χ2v) is 6.75. The molecule has 2 N–H and O–H groups in total. The van der Waals surface area contributed by atoms with Gasteiger partial charge >= 0.3 is 0 Å². The fraction of sp³-hybridized carbons (Fsp3) is 0.333. The van der Waals surface area contributed by atoms with Gasteiger partial charge in [0.2, 0.25) is 0 Å². The van der Waals surface area contributed by atoms with E-state index in [-0.39, 0.29) is 0 Å². The topological polar surface area (TPSA) is 29.3 Å². The molecule has 0 unspecified atom stereocenters. The van der Waals surface area contributed by atoms with Crippen molar-refractivity contribution in [1.29, 1.82) is 0 Å². The molecule has 0 radical (unpaired) electrons. The number of nitrogens with zero attached hydrogens (tertiary/aromatic N) is 1. The van der Waals surface area contributed by atoms with Crippen molar-refractivity contribution in [2.24, 2.45) is 11.7 Å². The van der Waals surface area contributed by atoms with Crippen molar-refractivity contribution in [2.75, 3.05) is 19.6 Å². The zero-order valence-electron chi connectivity index (χ0n) is 12.1. The van der Waals surface area contributed by atoms with Gasteiger partial charge in [-0.05, 0) is 35.7 Å². The van der Waals surface area contributed by atoms with Crippen LogP contribution in [0.5, 0.6) is 0 Å². The van der Waals surface area contributed by atoms with Crippen LogP contribution in [-0.2, 0) is 6.54 Å². The van der Waals surface area contributed by atoms with E-state index in [1.807, 2.05) is 0 Å². The third-order valence-corrected chi connectivity index (χ3v) is 4.90. The van der Waals surface area contributed by atoms with Crippen molar-refractivity contribution in [3.8, 4) is 0 Å². The highest BCUT2D eigenvalue weighted by atomic mass is 79.9. The molecule has 2 aromatic rings. The molecule has 2 nitrogen and oxygen atoms in total. The van der Waals surface area contributed by atoms with Crippen molar-refractivity contribution >= 4 is 15.9 Å². The molecule has 110 valence electrons. The fourth-order valence-corrected chi connectivity index (χ4v) is 3.52. The molecule has 2 atom stereocenters. The lowest BCUT2D eigenvalue weighted by Gasteiger charge is -2.17.